The Bertz CT molecular complexity index is 325. The Morgan fingerprint density at radius 3 is 2.47 bits per heavy atom. The molecule has 1 N–H and O–H groups in total. The molecule has 0 saturated carbocycles. The summed E-state index contributed by atoms with van der Waals surface area (Å²) in [4.78, 5) is 0. The molecule has 1 aromatic carbocycles. The summed E-state index contributed by atoms with van der Waals surface area (Å²) in [5.41, 5.74) is 1.03. The molecular formula is C12H16Cl2O. The van der Waals surface area contributed by atoms with Gasteiger partial charge >= 0.3 is 0 Å². The molecule has 0 fully saturated rings. The largest absolute Gasteiger partial charge is 0.393 e. The van der Waals surface area contributed by atoms with Gasteiger partial charge in [0.2, 0.25) is 0 Å². The second-order valence-corrected chi connectivity index (χ2v) is 4.72. The normalized spacial score (nSPS) is 15.0. The maximum absolute atomic E-state index is 9.86. The fourth-order valence-corrected chi connectivity index (χ4v) is 1.70. The van der Waals surface area contributed by atoms with Gasteiger partial charge in [-0.3, -0.25) is 0 Å². The maximum atomic E-state index is 9.86. The molecule has 0 spiro atoms. The molecule has 84 valence electrons. The van der Waals surface area contributed by atoms with Gasteiger partial charge in [-0.05, 0) is 30.0 Å². The van der Waals surface area contributed by atoms with Crippen LogP contribution in [0.1, 0.15) is 25.8 Å². The van der Waals surface area contributed by atoms with E-state index in [0.29, 0.717) is 22.4 Å². The first-order chi connectivity index (χ1) is 7.04. The molecule has 0 saturated heterocycles. The zero-order chi connectivity index (χ0) is 11.4. The molecule has 2 atom stereocenters. The monoisotopic (exact) mass is 246 g/mol. The SMILES string of the molecule is CCC(C)C(O)Cc1ccc(Cl)c(Cl)c1. The van der Waals surface area contributed by atoms with Crippen molar-refractivity contribution in [3.05, 3.63) is 33.8 Å². The van der Waals surface area contributed by atoms with Crippen LogP contribution in [0.25, 0.3) is 0 Å². The van der Waals surface area contributed by atoms with E-state index in [1.165, 1.54) is 0 Å². The Balaban J connectivity index is 2.68. The average molecular weight is 247 g/mol. The lowest BCUT2D eigenvalue weighted by atomic mass is 9.96. The molecule has 0 aliphatic carbocycles. The van der Waals surface area contributed by atoms with Crippen molar-refractivity contribution in [1.82, 2.24) is 0 Å². The van der Waals surface area contributed by atoms with Crippen molar-refractivity contribution in [3.8, 4) is 0 Å². The van der Waals surface area contributed by atoms with Crippen molar-refractivity contribution < 1.29 is 5.11 Å². The number of aliphatic hydroxyl groups excluding tert-OH is 1. The molecule has 0 amide bonds. The van der Waals surface area contributed by atoms with Crippen LogP contribution in [0.4, 0.5) is 0 Å². The molecule has 0 radical (unpaired) electrons. The number of rotatable bonds is 4. The minimum atomic E-state index is -0.313. The number of hydrogen-bond donors (Lipinski definition) is 1. The van der Waals surface area contributed by atoms with Gasteiger partial charge < -0.3 is 5.11 Å². The molecular weight excluding hydrogens is 231 g/mol. The van der Waals surface area contributed by atoms with Crippen LogP contribution in [0.2, 0.25) is 10.0 Å². The lowest BCUT2D eigenvalue weighted by Crippen LogP contribution is -2.19. The molecule has 2 unspecified atom stereocenters. The smallest absolute Gasteiger partial charge is 0.0605 e. The summed E-state index contributed by atoms with van der Waals surface area (Å²) >= 11 is 11.7. The van der Waals surface area contributed by atoms with Gasteiger partial charge in [0.15, 0.2) is 0 Å². The van der Waals surface area contributed by atoms with E-state index in [1.54, 1.807) is 6.07 Å². The molecule has 0 heterocycles. The predicted molar refractivity (Wildman–Crippen MR) is 65.6 cm³/mol. The third-order valence-corrected chi connectivity index (χ3v) is 3.47. The van der Waals surface area contributed by atoms with Gasteiger partial charge in [-0.2, -0.15) is 0 Å². The number of halogens is 2. The maximum Gasteiger partial charge on any atom is 0.0605 e. The fraction of sp³-hybridized carbons (Fsp3) is 0.500. The second-order valence-electron chi connectivity index (χ2n) is 3.91. The van der Waals surface area contributed by atoms with Crippen LogP contribution in [-0.4, -0.2) is 11.2 Å². The zero-order valence-electron chi connectivity index (χ0n) is 9.00. The number of aliphatic hydroxyl groups is 1. The summed E-state index contributed by atoms with van der Waals surface area (Å²) in [7, 11) is 0. The van der Waals surface area contributed by atoms with Crippen LogP contribution in [0.5, 0.6) is 0 Å². The van der Waals surface area contributed by atoms with E-state index >= 15 is 0 Å². The Hall–Kier alpha value is -0.240. The van der Waals surface area contributed by atoms with Crippen LogP contribution in [0.15, 0.2) is 18.2 Å². The van der Waals surface area contributed by atoms with Crippen LogP contribution in [0.3, 0.4) is 0 Å². The van der Waals surface area contributed by atoms with E-state index in [9.17, 15) is 5.11 Å². The highest BCUT2D eigenvalue weighted by atomic mass is 35.5. The first kappa shape index (κ1) is 12.8. The average Bonchev–Trinajstić information content (AvgIpc) is 2.22. The lowest BCUT2D eigenvalue weighted by molar-refractivity contribution is 0.115. The van der Waals surface area contributed by atoms with Gasteiger partial charge in [0.05, 0.1) is 16.1 Å². The van der Waals surface area contributed by atoms with Gasteiger partial charge in [-0.1, -0.05) is 49.5 Å². The number of hydrogen-bond acceptors (Lipinski definition) is 1. The van der Waals surface area contributed by atoms with E-state index in [1.807, 2.05) is 19.1 Å². The predicted octanol–water partition coefficient (Wildman–Crippen LogP) is 3.94. The minimum absolute atomic E-state index is 0.305. The molecule has 15 heavy (non-hydrogen) atoms. The van der Waals surface area contributed by atoms with Crippen LogP contribution >= 0.6 is 23.2 Å². The Morgan fingerprint density at radius 1 is 1.27 bits per heavy atom. The summed E-state index contributed by atoms with van der Waals surface area (Å²) in [6.07, 6.45) is 1.29. The van der Waals surface area contributed by atoms with Gasteiger partial charge in [-0.25, -0.2) is 0 Å². The first-order valence-electron chi connectivity index (χ1n) is 5.16. The van der Waals surface area contributed by atoms with Gasteiger partial charge in [0.25, 0.3) is 0 Å². The molecule has 0 aliphatic rings. The van der Waals surface area contributed by atoms with Gasteiger partial charge in [0, 0.05) is 0 Å². The lowest BCUT2D eigenvalue weighted by Gasteiger charge is -2.17. The van der Waals surface area contributed by atoms with E-state index in [4.69, 9.17) is 23.2 Å². The summed E-state index contributed by atoms with van der Waals surface area (Å²) in [5, 5.41) is 11.0. The molecule has 1 aromatic rings. The molecule has 0 aromatic heterocycles. The number of benzene rings is 1. The highest BCUT2D eigenvalue weighted by Crippen LogP contribution is 2.24. The third kappa shape index (κ3) is 3.67. The van der Waals surface area contributed by atoms with Crippen LogP contribution in [-0.2, 0) is 6.42 Å². The summed E-state index contributed by atoms with van der Waals surface area (Å²) in [5.74, 6) is 0.305. The quantitative estimate of drug-likeness (QED) is 0.854. The summed E-state index contributed by atoms with van der Waals surface area (Å²) < 4.78 is 0. The van der Waals surface area contributed by atoms with Crippen LogP contribution < -0.4 is 0 Å². The van der Waals surface area contributed by atoms with Crippen molar-refractivity contribution in [3.63, 3.8) is 0 Å². The third-order valence-electron chi connectivity index (χ3n) is 2.73. The van der Waals surface area contributed by atoms with E-state index < -0.39 is 0 Å². The molecule has 0 aliphatic heterocycles. The standard InChI is InChI=1S/C12H16Cl2O/c1-3-8(2)12(15)7-9-4-5-10(13)11(14)6-9/h4-6,8,12,15H,3,7H2,1-2H3. The Kier molecular flexibility index (Phi) is 4.91. The molecule has 3 heteroatoms. The van der Waals surface area contributed by atoms with Crippen molar-refractivity contribution >= 4 is 23.2 Å². The summed E-state index contributed by atoms with van der Waals surface area (Å²) in [6.45, 7) is 4.12. The molecule has 0 bridgehead atoms. The van der Waals surface area contributed by atoms with Gasteiger partial charge in [0.1, 0.15) is 0 Å². The molecule has 1 rings (SSSR count). The zero-order valence-corrected chi connectivity index (χ0v) is 10.5. The van der Waals surface area contributed by atoms with E-state index in [0.717, 1.165) is 12.0 Å². The molecule has 1 nitrogen and oxygen atoms in total. The Morgan fingerprint density at radius 2 is 1.93 bits per heavy atom. The minimum Gasteiger partial charge on any atom is -0.393 e. The van der Waals surface area contributed by atoms with Crippen molar-refractivity contribution in [1.29, 1.82) is 0 Å². The van der Waals surface area contributed by atoms with E-state index in [2.05, 4.69) is 6.92 Å². The van der Waals surface area contributed by atoms with Crippen molar-refractivity contribution in [2.75, 3.05) is 0 Å². The van der Waals surface area contributed by atoms with Gasteiger partial charge in [-0.15, -0.1) is 0 Å². The first-order valence-corrected chi connectivity index (χ1v) is 5.92. The summed E-state index contributed by atoms with van der Waals surface area (Å²) in [6, 6.07) is 5.48. The van der Waals surface area contributed by atoms with Crippen LogP contribution in [0, 0.1) is 5.92 Å². The Labute approximate surface area is 101 Å². The van der Waals surface area contributed by atoms with E-state index in [-0.39, 0.29) is 6.10 Å². The highest BCUT2D eigenvalue weighted by molar-refractivity contribution is 6.42. The topological polar surface area (TPSA) is 20.2 Å². The fourth-order valence-electron chi connectivity index (χ4n) is 1.38. The second kappa shape index (κ2) is 5.74. The van der Waals surface area contributed by atoms with Crippen molar-refractivity contribution in [2.24, 2.45) is 5.92 Å². The highest BCUT2D eigenvalue weighted by Gasteiger charge is 2.13. The van der Waals surface area contributed by atoms with Crippen molar-refractivity contribution in [2.45, 2.75) is 32.8 Å².